The highest BCUT2D eigenvalue weighted by Gasteiger charge is 2.33. The second-order valence-corrected chi connectivity index (χ2v) is 10.2. The summed E-state index contributed by atoms with van der Waals surface area (Å²) in [7, 11) is -3.64. The Labute approximate surface area is 179 Å². The molecule has 1 saturated heterocycles. The summed E-state index contributed by atoms with van der Waals surface area (Å²) in [6.45, 7) is 1.12. The number of carbonyl (C=O) groups is 1. The Morgan fingerprint density at radius 3 is 2.87 bits per heavy atom. The lowest BCUT2D eigenvalue weighted by molar-refractivity contribution is -0.125. The molecule has 0 aliphatic carbocycles. The Hall–Kier alpha value is -2.43. The molecule has 1 aromatic heterocycles. The quantitative estimate of drug-likeness (QED) is 0.427. The summed E-state index contributed by atoms with van der Waals surface area (Å²) in [6, 6.07) is 12.8. The highest BCUT2D eigenvalue weighted by molar-refractivity contribution is 7.99. The number of aromatic amines is 1. The molecule has 1 fully saturated rings. The first-order valence-corrected chi connectivity index (χ1v) is 12.2. The van der Waals surface area contributed by atoms with E-state index in [0.29, 0.717) is 36.8 Å². The third kappa shape index (κ3) is 4.66. The number of nitrogens with one attached hydrogen (secondary N) is 2. The van der Waals surface area contributed by atoms with Gasteiger partial charge in [0.2, 0.25) is 15.9 Å². The molecule has 1 atom stereocenters. The molecule has 2 aromatic carbocycles. The van der Waals surface area contributed by atoms with E-state index < -0.39 is 10.0 Å². The van der Waals surface area contributed by atoms with Crippen molar-refractivity contribution in [3.8, 4) is 0 Å². The molecular formula is C20H23N5O3S2. The molecular weight excluding hydrogens is 422 g/mol. The summed E-state index contributed by atoms with van der Waals surface area (Å²) in [6.07, 6.45) is 2.79. The SMILES string of the molecule is O=C(NCCSc1ncn[nH]1)C1CCCN(S(=O)(=O)c2ccc3ccccc3c2)C1. The van der Waals surface area contributed by atoms with Crippen LogP contribution in [0, 0.1) is 5.92 Å². The van der Waals surface area contributed by atoms with Crippen LogP contribution in [0.25, 0.3) is 10.8 Å². The zero-order valence-electron chi connectivity index (χ0n) is 16.3. The van der Waals surface area contributed by atoms with E-state index in [2.05, 4.69) is 20.5 Å². The molecule has 10 heteroatoms. The lowest BCUT2D eigenvalue weighted by Gasteiger charge is -2.31. The summed E-state index contributed by atoms with van der Waals surface area (Å²) in [5, 5.41) is 12.0. The Bertz CT molecular complexity index is 1120. The smallest absolute Gasteiger partial charge is 0.243 e. The van der Waals surface area contributed by atoms with Crippen molar-refractivity contribution in [2.24, 2.45) is 5.92 Å². The van der Waals surface area contributed by atoms with E-state index in [9.17, 15) is 13.2 Å². The number of H-pyrrole nitrogens is 1. The van der Waals surface area contributed by atoms with Crippen molar-refractivity contribution in [2.75, 3.05) is 25.4 Å². The van der Waals surface area contributed by atoms with E-state index in [-0.39, 0.29) is 23.3 Å². The van der Waals surface area contributed by atoms with E-state index in [1.54, 1.807) is 12.1 Å². The minimum absolute atomic E-state index is 0.105. The minimum Gasteiger partial charge on any atom is -0.355 e. The van der Waals surface area contributed by atoms with Crippen LogP contribution < -0.4 is 5.32 Å². The fraction of sp³-hybridized carbons (Fsp3) is 0.350. The van der Waals surface area contributed by atoms with Crippen molar-refractivity contribution in [3.63, 3.8) is 0 Å². The summed E-state index contributed by atoms with van der Waals surface area (Å²) in [5.41, 5.74) is 0. The number of fused-ring (bicyclic) bond motifs is 1. The number of nitrogens with zero attached hydrogens (tertiary/aromatic N) is 3. The first-order chi connectivity index (χ1) is 14.5. The molecule has 1 unspecified atom stereocenters. The average Bonchev–Trinajstić information content (AvgIpc) is 3.30. The fourth-order valence-electron chi connectivity index (χ4n) is 3.58. The molecule has 1 aliphatic rings. The maximum Gasteiger partial charge on any atom is 0.243 e. The minimum atomic E-state index is -3.64. The monoisotopic (exact) mass is 445 g/mol. The topological polar surface area (TPSA) is 108 Å². The van der Waals surface area contributed by atoms with Crippen LogP contribution in [0.5, 0.6) is 0 Å². The standard InChI is InChI=1S/C20H23N5O3S2/c26-19(21-9-11-29-20-22-14-23-24-20)17-6-3-10-25(13-17)30(27,28)18-8-7-15-4-1-2-5-16(15)12-18/h1-2,4-5,7-8,12,14,17H,3,6,9-11,13H2,(H,21,26)(H,22,23,24). The number of hydrogen-bond acceptors (Lipinski definition) is 6. The fourth-order valence-corrected chi connectivity index (χ4v) is 5.78. The third-order valence-corrected chi connectivity index (χ3v) is 7.89. The van der Waals surface area contributed by atoms with Crippen molar-refractivity contribution in [1.82, 2.24) is 24.8 Å². The molecule has 1 amide bonds. The van der Waals surface area contributed by atoms with Crippen LogP contribution >= 0.6 is 11.8 Å². The molecule has 3 aromatic rings. The lowest BCUT2D eigenvalue weighted by atomic mass is 9.99. The highest BCUT2D eigenvalue weighted by atomic mass is 32.2. The Balaban J connectivity index is 1.37. The number of carbonyl (C=O) groups excluding carboxylic acids is 1. The number of amides is 1. The number of sulfonamides is 1. The van der Waals surface area contributed by atoms with Crippen LogP contribution in [-0.2, 0) is 14.8 Å². The maximum atomic E-state index is 13.2. The molecule has 30 heavy (non-hydrogen) atoms. The van der Waals surface area contributed by atoms with Crippen LogP contribution in [-0.4, -0.2) is 59.2 Å². The van der Waals surface area contributed by atoms with Gasteiger partial charge in [-0.3, -0.25) is 9.89 Å². The second-order valence-electron chi connectivity index (χ2n) is 7.14. The zero-order chi connectivity index (χ0) is 21.0. The van der Waals surface area contributed by atoms with Gasteiger partial charge in [-0.1, -0.05) is 42.1 Å². The molecule has 0 bridgehead atoms. The Morgan fingerprint density at radius 1 is 1.23 bits per heavy atom. The van der Waals surface area contributed by atoms with E-state index in [1.165, 1.54) is 22.4 Å². The van der Waals surface area contributed by atoms with Crippen molar-refractivity contribution in [3.05, 3.63) is 48.8 Å². The number of aromatic nitrogens is 3. The van der Waals surface area contributed by atoms with Crippen molar-refractivity contribution in [1.29, 1.82) is 0 Å². The molecule has 1 aliphatic heterocycles. The van der Waals surface area contributed by atoms with E-state index >= 15 is 0 Å². The van der Waals surface area contributed by atoms with Gasteiger partial charge in [-0.15, -0.1) is 0 Å². The molecule has 2 heterocycles. The number of benzene rings is 2. The van der Waals surface area contributed by atoms with Crippen molar-refractivity contribution >= 4 is 38.5 Å². The molecule has 0 saturated carbocycles. The zero-order valence-corrected chi connectivity index (χ0v) is 18.0. The van der Waals surface area contributed by atoms with Gasteiger partial charge in [0, 0.05) is 25.4 Å². The van der Waals surface area contributed by atoms with Gasteiger partial charge in [-0.2, -0.15) is 9.40 Å². The van der Waals surface area contributed by atoms with Crippen LogP contribution in [0.1, 0.15) is 12.8 Å². The number of piperidine rings is 1. The Kier molecular flexibility index (Phi) is 6.35. The molecule has 158 valence electrons. The van der Waals surface area contributed by atoms with Gasteiger partial charge in [0.1, 0.15) is 6.33 Å². The number of thioether (sulfide) groups is 1. The van der Waals surface area contributed by atoms with Gasteiger partial charge in [-0.25, -0.2) is 13.4 Å². The molecule has 0 spiro atoms. The predicted molar refractivity (Wildman–Crippen MR) is 116 cm³/mol. The molecule has 0 radical (unpaired) electrons. The van der Waals surface area contributed by atoms with E-state index in [1.807, 2.05) is 30.3 Å². The van der Waals surface area contributed by atoms with Gasteiger partial charge in [0.15, 0.2) is 5.16 Å². The highest BCUT2D eigenvalue weighted by Crippen LogP contribution is 2.26. The number of hydrogen-bond donors (Lipinski definition) is 2. The van der Waals surface area contributed by atoms with Crippen molar-refractivity contribution in [2.45, 2.75) is 22.9 Å². The summed E-state index contributed by atoms with van der Waals surface area (Å²) in [4.78, 5) is 16.9. The van der Waals surface area contributed by atoms with Gasteiger partial charge in [0.05, 0.1) is 10.8 Å². The third-order valence-electron chi connectivity index (χ3n) is 5.15. The largest absolute Gasteiger partial charge is 0.355 e. The molecule has 8 nitrogen and oxygen atoms in total. The van der Waals surface area contributed by atoms with E-state index in [0.717, 1.165) is 10.8 Å². The van der Waals surface area contributed by atoms with Gasteiger partial charge >= 0.3 is 0 Å². The maximum absolute atomic E-state index is 13.2. The lowest BCUT2D eigenvalue weighted by Crippen LogP contribution is -2.45. The molecule has 4 rings (SSSR count). The van der Waals surface area contributed by atoms with E-state index in [4.69, 9.17) is 0 Å². The van der Waals surface area contributed by atoms with Crippen molar-refractivity contribution < 1.29 is 13.2 Å². The van der Waals surface area contributed by atoms with Gasteiger partial charge < -0.3 is 5.32 Å². The summed E-state index contributed by atoms with van der Waals surface area (Å²) >= 11 is 1.47. The van der Waals surface area contributed by atoms with Crippen LogP contribution in [0.15, 0.2) is 58.8 Å². The first kappa shape index (κ1) is 20.8. The summed E-state index contributed by atoms with van der Waals surface area (Å²) in [5.74, 6) is 0.211. The first-order valence-electron chi connectivity index (χ1n) is 9.79. The molecule has 2 N–H and O–H groups in total. The normalized spacial score (nSPS) is 17.8. The van der Waals surface area contributed by atoms with Crippen LogP contribution in [0.2, 0.25) is 0 Å². The summed E-state index contributed by atoms with van der Waals surface area (Å²) < 4.78 is 27.8. The van der Waals surface area contributed by atoms with Gasteiger partial charge in [-0.05, 0) is 35.7 Å². The second kappa shape index (κ2) is 9.15. The average molecular weight is 446 g/mol. The van der Waals surface area contributed by atoms with Crippen LogP contribution in [0.3, 0.4) is 0 Å². The number of rotatable bonds is 7. The van der Waals surface area contributed by atoms with Gasteiger partial charge in [0.25, 0.3) is 0 Å². The predicted octanol–water partition coefficient (Wildman–Crippen LogP) is 2.27. The Morgan fingerprint density at radius 2 is 2.07 bits per heavy atom. The van der Waals surface area contributed by atoms with Crippen LogP contribution in [0.4, 0.5) is 0 Å².